The fourth-order valence-electron chi connectivity index (χ4n) is 6.88. The van der Waals surface area contributed by atoms with Gasteiger partial charge in [-0.15, -0.1) is 0 Å². The molecule has 1 atom stereocenters. The highest BCUT2D eigenvalue weighted by atomic mass is 28.4. The Morgan fingerprint density at radius 1 is 0.561 bits per heavy atom. The Morgan fingerprint density at radius 2 is 0.878 bits per heavy atom. The van der Waals surface area contributed by atoms with Crippen molar-refractivity contribution in [1.82, 2.24) is 0 Å². The molecule has 2 aromatic carbocycles. The maximum Gasteiger partial charge on any atom is 0.242 e. The van der Waals surface area contributed by atoms with Gasteiger partial charge in [0.1, 0.15) is 11.5 Å². The summed E-state index contributed by atoms with van der Waals surface area (Å²) in [5.41, 5.74) is 5.56. The molecule has 4 rings (SSSR count). The van der Waals surface area contributed by atoms with Crippen molar-refractivity contribution in [2.75, 3.05) is 12.5 Å². The molecule has 228 valence electrons. The molecule has 2 aliphatic carbocycles. The van der Waals surface area contributed by atoms with Gasteiger partial charge in [-0.25, -0.2) is 0 Å². The molecule has 0 saturated carbocycles. The van der Waals surface area contributed by atoms with Crippen LogP contribution in [-0.4, -0.2) is 46.7 Å². The molecule has 1 spiro atoms. The Balaban J connectivity index is 1.96. The summed E-state index contributed by atoms with van der Waals surface area (Å²) in [6, 6.07) is 9.43. The number of rotatable bonds is 10. The van der Waals surface area contributed by atoms with Crippen LogP contribution in [0, 0.1) is 0 Å². The lowest BCUT2D eigenvalue weighted by Crippen LogP contribution is -2.30. The summed E-state index contributed by atoms with van der Waals surface area (Å²) in [7, 11) is -5.49. The van der Waals surface area contributed by atoms with Crippen LogP contribution < -0.4 is 18.3 Å². The predicted octanol–water partition coefficient (Wildman–Crippen LogP) is 8.57. The van der Waals surface area contributed by atoms with Gasteiger partial charge in [0.25, 0.3) is 0 Å². The molecule has 0 aliphatic heterocycles. The predicted molar refractivity (Wildman–Crippen MR) is 186 cm³/mol. The van der Waals surface area contributed by atoms with E-state index in [4.69, 9.17) is 18.3 Å². The third-order valence-electron chi connectivity index (χ3n) is 8.12. The molecule has 4 nitrogen and oxygen atoms in total. The molecule has 0 saturated heterocycles. The average Bonchev–Trinajstić information content (AvgIpc) is 3.12. The first-order chi connectivity index (χ1) is 18.6. The summed E-state index contributed by atoms with van der Waals surface area (Å²) in [5, 5.41) is 0. The zero-order chi connectivity index (χ0) is 30.8. The van der Waals surface area contributed by atoms with Crippen molar-refractivity contribution >= 4 is 34.2 Å². The van der Waals surface area contributed by atoms with Crippen molar-refractivity contribution in [3.8, 4) is 23.0 Å². The Kier molecular flexibility index (Phi) is 8.62. The minimum absolute atomic E-state index is 0.00805. The van der Waals surface area contributed by atoms with Gasteiger partial charge in [-0.05, 0) is 109 Å². The van der Waals surface area contributed by atoms with Crippen LogP contribution in [0.5, 0.6) is 23.0 Å². The highest BCUT2D eigenvalue weighted by molar-refractivity contribution is 6.70. The van der Waals surface area contributed by atoms with Crippen LogP contribution in [0.3, 0.4) is 0 Å². The first-order valence-corrected chi connectivity index (χ1v) is 28.7. The van der Waals surface area contributed by atoms with E-state index in [1.807, 2.05) is 0 Å². The number of ether oxygens (including phenoxy) is 2. The average molecular weight is 629 g/mol. The molecule has 0 heterocycles. The van der Waals surface area contributed by atoms with Crippen LogP contribution in [0.4, 0.5) is 0 Å². The second-order valence-electron chi connectivity index (χ2n) is 16.7. The normalized spacial score (nSPS) is 20.9. The second kappa shape index (κ2) is 10.9. The smallest absolute Gasteiger partial charge is 0.242 e. The van der Waals surface area contributed by atoms with Crippen LogP contribution in [0.2, 0.25) is 65.5 Å². The number of hydrogen-bond acceptors (Lipinski definition) is 4. The first kappa shape index (κ1) is 32.4. The van der Waals surface area contributed by atoms with E-state index in [0.29, 0.717) is 0 Å². The van der Waals surface area contributed by atoms with Gasteiger partial charge in [0.15, 0.2) is 11.5 Å². The minimum Gasteiger partial charge on any atom is -0.542 e. The van der Waals surface area contributed by atoms with Gasteiger partial charge in [-0.3, -0.25) is 0 Å². The standard InChI is InChI=1S/C33H56O4Si4/c1-31(2)19-33(26-18-30(37-41(12,13)14)27(15-23(26)31)34-21-38(5)6)20-32(3,4)24-16-29(36-40(9,10)11)28(17-25(24)33)35-22-39(7)8/h15-18,38-39H,19-22H2,1-14H3. The van der Waals surface area contributed by atoms with E-state index < -0.39 is 34.2 Å². The largest absolute Gasteiger partial charge is 0.542 e. The van der Waals surface area contributed by atoms with Crippen LogP contribution in [0.1, 0.15) is 62.8 Å². The van der Waals surface area contributed by atoms with Crippen molar-refractivity contribution in [1.29, 1.82) is 0 Å². The van der Waals surface area contributed by atoms with Gasteiger partial charge < -0.3 is 18.3 Å². The molecule has 2 aromatic rings. The fraction of sp³-hybridized carbons (Fsp3) is 0.636. The molecule has 0 radical (unpaired) electrons. The van der Waals surface area contributed by atoms with Gasteiger partial charge in [0.2, 0.25) is 16.6 Å². The van der Waals surface area contributed by atoms with E-state index in [1.54, 1.807) is 0 Å². The van der Waals surface area contributed by atoms with Crippen molar-refractivity contribution < 1.29 is 18.3 Å². The fourth-order valence-corrected chi connectivity index (χ4v) is 9.54. The van der Waals surface area contributed by atoms with Crippen LogP contribution in [0.15, 0.2) is 24.3 Å². The maximum atomic E-state index is 6.76. The van der Waals surface area contributed by atoms with Gasteiger partial charge in [-0.1, -0.05) is 53.9 Å². The quantitative estimate of drug-likeness (QED) is 0.247. The highest BCUT2D eigenvalue weighted by Crippen LogP contribution is 2.65. The highest BCUT2D eigenvalue weighted by Gasteiger charge is 2.57. The maximum absolute atomic E-state index is 6.76. The zero-order valence-corrected chi connectivity index (χ0v) is 32.7. The Hall–Kier alpha value is -1.49. The van der Waals surface area contributed by atoms with Crippen molar-refractivity contribution in [3.63, 3.8) is 0 Å². The molecule has 0 N–H and O–H groups in total. The summed E-state index contributed by atoms with van der Waals surface area (Å²) >= 11 is 0. The molecule has 41 heavy (non-hydrogen) atoms. The summed E-state index contributed by atoms with van der Waals surface area (Å²) in [5.74, 6) is 3.72. The van der Waals surface area contributed by atoms with Gasteiger partial charge >= 0.3 is 0 Å². The van der Waals surface area contributed by atoms with Crippen molar-refractivity contribution in [2.45, 2.75) is 122 Å². The Bertz CT molecular complexity index is 1290. The Morgan fingerprint density at radius 3 is 1.22 bits per heavy atom. The molecular weight excluding hydrogens is 573 g/mol. The van der Waals surface area contributed by atoms with E-state index in [1.165, 1.54) is 22.3 Å². The van der Waals surface area contributed by atoms with E-state index >= 15 is 0 Å². The molecule has 8 heteroatoms. The van der Waals surface area contributed by atoms with Gasteiger partial charge in [-0.2, -0.15) is 0 Å². The van der Waals surface area contributed by atoms with Gasteiger partial charge in [0, 0.05) is 5.41 Å². The third-order valence-corrected chi connectivity index (χ3v) is 11.5. The van der Waals surface area contributed by atoms with Gasteiger partial charge in [0.05, 0.1) is 30.1 Å². The number of fused-ring (bicyclic) bond motifs is 4. The summed E-state index contributed by atoms with van der Waals surface area (Å²) < 4.78 is 26.5. The van der Waals surface area contributed by atoms with E-state index in [9.17, 15) is 0 Å². The van der Waals surface area contributed by atoms with Crippen LogP contribution >= 0.6 is 0 Å². The lowest BCUT2D eigenvalue weighted by atomic mass is 9.72. The van der Waals surface area contributed by atoms with Crippen LogP contribution in [-0.2, 0) is 16.2 Å². The monoisotopic (exact) mass is 628 g/mol. The molecule has 0 fully saturated rings. The van der Waals surface area contributed by atoms with E-state index in [0.717, 1.165) is 48.3 Å². The molecule has 0 aromatic heterocycles. The van der Waals surface area contributed by atoms with E-state index in [-0.39, 0.29) is 16.2 Å². The topological polar surface area (TPSA) is 36.9 Å². The Labute approximate surface area is 256 Å². The molecule has 0 bridgehead atoms. The zero-order valence-electron chi connectivity index (χ0n) is 28.4. The molecule has 1 unspecified atom stereocenters. The minimum atomic E-state index is -1.86. The lowest BCUT2D eigenvalue weighted by Gasteiger charge is -2.31. The summed E-state index contributed by atoms with van der Waals surface area (Å²) in [4.78, 5) is 0. The SMILES string of the molecule is C[SiH](C)COc1cc2c(cc1O[Si](C)(C)C)C(C)(C)CC21CC(C)(C)c2cc(OC[SiH](C)C)c(O[Si](C)(C)C)cc21. The molecule has 2 aliphatic rings. The lowest BCUT2D eigenvalue weighted by molar-refractivity contribution is 0.347. The van der Waals surface area contributed by atoms with E-state index in [2.05, 4.69) is 117 Å². The second-order valence-corrected chi connectivity index (χ2v) is 31.8. The molecule has 0 amide bonds. The summed E-state index contributed by atoms with van der Waals surface area (Å²) in [6.07, 6.45) is 3.76. The van der Waals surface area contributed by atoms with Crippen molar-refractivity contribution in [3.05, 3.63) is 46.5 Å². The number of benzene rings is 2. The van der Waals surface area contributed by atoms with Crippen molar-refractivity contribution in [2.24, 2.45) is 0 Å². The third kappa shape index (κ3) is 6.86. The number of hydrogen-bond donors (Lipinski definition) is 0. The molecular formula is C33H56O4Si4. The first-order valence-electron chi connectivity index (χ1n) is 15.7. The summed E-state index contributed by atoms with van der Waals surface area (Å²) in [6.45, 7) is 32.6. The van der Waals surface area contributed by atoms with Crippen LogP contribution in [0.25, 0.3) is 0 Å².